The Morgan fingerprint density at radius 3 is 2.59 bits per heavy atom. The smallest absolute Gasteiger partial charge is 0.187 e. The number of hydrogen-bond acceptors (Lipinski definition) is 2. The number of fused-ring (bicyclic) bond motifs is 1. The third-order valence-corrected chi connectivity index (χ3v) is 5.23. The number of aliphatic hydroxyl groups is 1. The molecule has 1 N–H and O–H groups in total. The second kappa shape index (κ2) is 4.24. The molecule has 0 bridgehead atoms. The Hall–Kier alpha value is -0.630. The first-order valence-electron chi connectivity index (χ1n) is 6.76. The molecule has 0 amide bonds. The lowest BCUT2D eigenvalue weighted by Crippen LogP contribution is -2.51. The standard InChI is InChI=1S/C15H24O2/c1-9(2)11-8-15(4)10(3)6-5-7-12(15)14(17)13(11)16/h10,12,14,17H,5-8H2,1-4H3. The number of carbonyl (C=O) groups excluding carboxylic acids is 1. The molecule has 2 fully saturated rings. The number of rotatable bonds is 0. The molecule has 2 aliphatic rings. The summed E-state index contributed by atoms with van der Waals surface area (Å²) in [5.41, 5.74) is 2.06. The topological polar surface area (TPSA) is 37.3 Å². The maximum atomic E-state index is 12.2. The molecule has 4 atom stereocenters. The van der Waals surface area contributed by atoms with Gasteiger partial charge in [0, 0.05) is 0 Å². The van der Waals surface area contributed by atoms with Crippen molar-refractivity contribution < 1.29 is 9.90 Å². The van der Waals surface area contributed by atoms with E-state index in [1.165, 1.54) is 6.42 Å². The molecule has 2 saturated carbocycles. The summed E-state index contributed by atoms with van der Waals surface area (Å²) in [6, 6.07) is 0. The van der Waals surface area contributed by atoms with Gasteiger partial charge in [-0.3, -0.25) is 4.79 Å². The first kappa shape index (κ1) is 12.8. The van der Waals surface area contributed by atoms with Crippen molar-refractivity contribution >= 4 is 5.78 Å². The third-order valence-electron chi connectivity index (χ3n) is 5.23. The highest BCUT2D eigenvalue weighted by atomic mass is 16.3. The monoisotopic (exact) mass is 236 g/mol. The van der Waals surface area contributed by atoms with Gasteiger partial charge in [-0.25, -0.2) is 0 Å². The maximum absolute atomic E-state index is 12.2. The lowest BCUT2D eigenvalue weighted by Gasteiger charge is -2.51. The summed E-state index contributed by atoms with van der Waals surface area (Å²) in [5, 5.41) is 10.3. The number of carbonyl (C=O) groups is 1. The number of Topliss-reactive ketones (excluding diaryl/α,β-unsaturated/α-hetero) is 1. The summed E-state index contributed by atoms with van der Waals surface area (Å²) < 4.78 is 0. The molecule has 2 heteroatoms. The maximum Gasteiger partial charge on any atom is 0.187 e. The fourth-order valence-corrected chi connectivity index (χ4v) is 3.75. The fraction of sp³-hybridized carbons (Fsp3) is 0.800. The molecule has 0 saturated heterocycles. The summed E-state index contributed by atoms with van der Waals surface area (Å²) in [7, 11) is 0. The van der Waals surface area contributed by atoms with Crippen LogP contribution in [0.1, 0.15) is 53.4 Å². The van der Waals surface area contributed by atoms with E-state index in [0.29, 0.717) is 5.92 Å². The lowest BCUT2D eigenvalue weighted by atomic mass is 9.53. The quantitative estimate of drug-likeness (QED) is 0.656. The van der Waals surface area contributed by atoms with Gasteiger partial charge in [-0.05, 0) is 49.5 Å². The molecule has 17 heavy (non-hydrogen) atoms. The van der Waals surface area contributed by atoms with Crippen LogP contribution in [0.25, 0.3) is 0 Å². The minimum absolute atomic E-state index is 0.0124. The van der Waals surface area contributed by atoms with Crippen molar-refractivity contribution in [2.75, 3.05) is 0 Å². The van der Waals surface area contributed by atoms with Crippen molar-refractivity contribution in [2.45, 2.75) is 59.5 Å². The van der Waals surface area contributed by atoms with Gasteiger partial charge in [-0.2, -0.15) is 0 Å². The predicted molar refractivity (Wildman–Crippen MR) is 68.6 cm³/mol. The van der Waals surface area contributed by atoms with E-state index in [0.717, 1.165) is 30.4 Å². The zero-order valence-corrected chi connectivity index (χ0v) is 11.4. The van der Waals surface area contributed by atoms with Gasteiger partial charge in [0.05, 0.1) is 0 Å². The van der Waals surface area contributed by atoms with Gasteiger partial charge in [0.1, 0.15) is 6.10 Å². The third kappa shape index (κ3) is 1.87. The molecule has 0 heterocycles. The first-order valence-corrected chi connectivity index (χ1v) is 6.76. The average molecular weight is 236 g/mol. The molecular weight excluding hydrogens is 212 g/mol. The van der Waals surface area contributed by atoms with Crippen molar-refractivity contribution in [1.29, 1.82) is 0 Å². The van der Waals surface area contributed by atoms with Crippen LogP contribution >= 0.6 is 0 Å². The van der Waals surface area contributed by atoms with Crippen LogP contribution in [-0.2, 0) is 4.79 Å². The van der Waals surface area contributed by atoms with Crippen molar-refractivity contribution in [3.05, 3.63) is 11.1 Å². The summed E-state index contributed by atoms with van der Waals surface area (Å²) in [6.45, 7) is 8.51. The van der Waals surface area contributed by atoms with Gasteiger partial charge in [-0.1, -0.05) is 32.3 Å². The van der Waals surface area contributed by atoms with E-state index in [4.69, 9.17) is 0 Å². The van der Waals surface area contributed by atoms with E-state index in [-0.39, 0.29) is 17.1 Å². The van der Waals surface area contributed by atoms with Gasteiger partial charge in [-0.15, -0.1) is 0 Å². The van der Waals surface area contributed by atoms with E-state index in [1.54, 1.807) is 0 Å². The zero-order chi connectivity index (χ0) is 12.8. The van der Waals surface area contributed by atoms with Gasteiger partial charge < -0.3 is 5.11 Å². The van der Waals surface area contributed by atoms with Crippen LogP contribution in [0, 0.1) is 17.3 Å². The minimum atomic E-state index is -0.763. The van der Waals surface area contributed by atoms with E-state index in [2.05, 4.69) is 13.8 Å². The molecule has 4 unspecified atom stereocenters. The Bertz CT molecular complexity index is 365. The zero-order valence-electron chi connectivity index (χ0n) is 11.4. The molecule has 2 nitrogen and oxygen atoms in total. The highest BCUT2D eigenvalue weighted by Gasteiger charge is 2.51. The summed E-state index contributed by atoms with van der Waals surface area (Å²) in [6.07, 6.45) is 3.47. The lowest BCUT2D eigenvalue weighted by molar-refractivity contribution is -0.138. The van der Waals surface area contributed by atoms with Crippen LogP contribution in [-0.4, -0.2) is 17.0 Å². The molecule has 0 radical (unpaired) electrons. The largest absolute Gasteiger partial charge is 0.385 e. The summed E-state index contributed by atoms with van der Waals surface area (Å²) >= 11 is 0. The molecule has 0 aromatic heterocycles. The van der Waals surface area contributed by atoms with Gasteiger partial charge in [0.15, 0.2) is 5.78 Å². The predicted octanol–water partition coefficient (Wildman–Crippen LogP) is 3.10. The summed E-state index contributed by atoms with van der Waals surface area (Å²) in [4.78, 5) is 12.2. The van der Waals surface area contributed by atoms with E-state index >= 15 is 0 Å². The van der Waals surface area contributed by atoms with Crippen LogP contribution in [0.3, 0.4) is 0 Å². The Morgan fingerprint density at radius 2 is 2.00 bits per heavy atom. The van der Waals surface area contributed by atoms with Crippen LogP contribution in [0.2, 0.25) is 0 Å². The van der Waals surface area contributed by atoms with Crippen LogP contribution < -0.4 is 0 Å². The van der Waals surface area contributed by atoms with E-state index in [9.17, 15) is 9.90 Å². The van der Waals surface area contributed by atoms with Crippen LogP contribution in [0.5, 0.6) is 0 Å². The minimum Gasteiger partial charge on any atom is -0.385 e. The van der Waals surface area contributed by atoms with Crippen molar-refractivity contribution in [3.8, 4) is 0 Å². The number of hydrogen-bond donors (Lipinski definition) is 1. The SMILES string of the molecule is CC(C)=C1CC2(C)C(C)CCCC2C(O)C1=O. The number of allylic oxidation sites excluding steroid dienone is 1. The molecule has 2 aliphatic carbocycles. The van der Waals surface area contributed by atoms with Crippen molar-refractivity contribution in [2.24, 2.45) is 17.3 Å². The number of ketones is 1. The van der Waals surface area contributed by atoms with Gasteiger partial charge >= 0.3 is 0 Å². The van der Waals surface area contributed by atoms with Crippen molar-refractivity contribution in [3.63, 3.8) is 0 Å². The molecule has 0 aliphatic heterocycles. The Balaban J connectivity index is 2.41. The highest BCUT2D eigenvalue weighted by molar-refractivity contribution is 6.00. The summed E-state index contributed by atoms with van der Waals surface area (Å²) in [5.74, 6) is 0.752. The molecule has 0 aromatic rings. The van der Waals surface area contributed by atoms with E-state index < -0.39 is 6.10 Å². The van der Waals surface area contributed by atoms with Crippen LogP contribution in [0.4, 0.5) is 0 Å². The molecule has 96 valence electrons. The normalized spacial score (nSPS) is 42.3. The molecule has 0 aromatic carbocycles. The van der Waals surface area contributed by atoms with Gasteiger partial charge in [0.25, 0.3) is 0 Å². The Kier molecular flexibility index (Phi) is 3.19. The van der Waals surface area contributed by atoms with Crippen LogP contribution in [0.15, 0.2) is 11.1 Å². The second-order valence-electron chi connectivity index (χ2n) is 6.41. The van der Waals surface area contributed by atoms with Crippen molar-refractivity contribution in [1.82, 2.24) is 0 Å². The first-order chi connectivity index (χ1) is 7.88. The van der Waals surface area contributed by atoms with Gasteiger partial charge in [0.2, 0.25) is 0 Å². The highest BCUT2D eigenvalue weighted by Crippen LogP contribution is 2.53. The average Bonchev–Trinajstić information content (AvgIpc) is 2.26. The number of aliphatic hydroxyl groups excluding tert-OH is 1. The Morgan fingerprint density at radius 1 is 1.35 bits per heavy atom. The Labute approximate surface area is 104 Å². The second-order valence-corrected chi connectivity index (χ2v) is 6.41. The molecule has 0 spiro atoms. The van der Waals surface area contributed by atoms with E-state index in [1.807, 2.05) is 13.8 Å². The fourth-order valence-electron chi connectivity index (χ4n) is 3.75. The molecular formula is C15H24O2. The molecule has 2 rings (SSSR count).